The van der Waals surface area contributed by atoms with Crippen LogP contribution >= 0.6 is 0 Å². The lowest BCUT2D eigenvalue weighted by Crippen LogP contribution is -2.43. The number of nitrogens with one attached hydrogen (secondary N) is 2. The number of carbonyl (C=O) groups is 2. The first-order valence-electron chi connectivity index (χ1n) is 8.16. The number of hydrogen-bond donors (Lipinski definition) is 2. The summed E-state index contributed by atoms with van der Waals surface area (Å²) in [7, 11) is 0. The molecular weight excluding hydrogens is 282 g/mol. The van der Waals surface area contributed by atoms with Crippen LogP contribution in [-0.2, 0) is 9.53 Å². The Bertz CT molecular complexity index is 368. The minimum absolute atomic E-state index is 0.000439. The van der Waals surface area contributed by atoms with Gasteiger partial charge in [-0.3, -0.25) is 4.79 Å². The minimum atomic E-state index is -0.477. The smallest absolute Gasteiger partial charge is 0.407 e. The fourth-order valence-corrected chi connectivity index (χ4v) is 2.72. The van der Waals surface area contributed by atoms with Gasteiger partial charge < -0.3 is 20.3 Å². The number of carbonyl (C=O) groups excluding carboxylic acids is 2. The highest BCUT2D eigenvalue weighted by atomic mass is 16.6. The Hall–Kier alpha value is -1.30. The lowest BCUT2D eigenvalue weighted by Gasteiger charge is -2.24. The average Bonchev–Trinajstić information content (AvgIpc) is 2.72. The quantitative estimate of drug-likeness (QED) is 0.556. The Morgan fingerprint density at radius 3 is 2.68 bits per heavy atom. The number of likely N-dealkylation sites (tertiary alicyclic amines) is 1. The van der Waals surface area contributed by atoms with Gasteiger partial charge in [-0.05, 0) is 60.4 Å². The Morgan fingerprint density at radius 2 is 2.09 bits per heavy atom. The van der Waals surface area contributed by atoms with E-state index in [1.807, 2.05) is 32.6 Å². The van der Waals surface area contributed by atoms with Crippen molar-refractivity contribution in [2.24, 2.45) is 0 Å². The molecule has 0 aromatic heterocycles. The monoisotopic (exact) mass is 313 g/mol. The van der Waals surface area contributed by atoms with Gasteiger partial charge in [0.05, 0.1) is 0 Å². The molecule has 1 rings (SSSR count). The highest BCUT2D eigenvalue weighted by Gasteiger charge is 2.28. The van der Waals surface area contributed by atoms with Gasteiger partial charge in [0, 0.05) is 24.7 Å². The van der Waals surface area contributed by atoms with Crippen molar-refractivity contribution in [2.75, 3.05) is 13.1 Å². The molecule has 1 aliphatic rings. The molecule has 1 aliphatic heterocycles. The Balaban J connectivity index is 2.16. The molecule has 6 heteroatoms. The van der Waals surface area contributed by atoms with Crippen LogP contribution in [0.15, 0.2) is 0 Å². The van der Waals surface area contributed by atoms with E-state index in [0.29, 0.717) is 18.6 Å². The van der Waals surface area contributed by atoms with Gasteiger partial charge in [0.1, 0.15) is 5.60 Å². The van der Waals surface area contributed by atoms with Crippen molar-refractivity contribution < 1.29 is 14.3 Å². The van der Waals surface area contributed by atoms with Crippen molar-refractivity contribution in [1.29, 1.82) is 0 Å². The van der Waals surface area contributed by atoms with E-state index in [4.69, 9.17) is 4.74 Å². The van der Waals surface area contributed by atoms with Crippen molar-refractivity contribution in [3.05, 3.63) is 0 Å². The molecule has 3 atom stereocenters. The maximum Gasteiger partial charge on any atom is 0.407 e. The van der Waals surface area contributed by atoms with Gasteiger partial charge in [-0.25, -0.2) is 4.79 Å². The van der Waals surface area contributed by atoms with E-state index in [-0.39, 0.29) is 6.04 Å². The van der Waals surface area contributed by atoms with Crippen molar-refractivity contribution in [2.45, 2.75) is 77.6 Å². The second-order valence-corrected chi connectivity index (χ2v) is 7.17. The van der Waals surface area contributed by atoms with E-state index >= 15 is 0 Å². The number of ether oxygens (including phenoxy) is 1. The average molecular weight is 313 g/mol. The van der Waals surface area contributed by atoms with Crippen LogP contribution in [0.4, 0.5) is 4.79 Å². The summed E-state index contributed by atoms with van der Waals surface area (Å²) in [6.07, 6.45) is 3.68. The lowest BCUT2D eigenvalue weighted by atomic mass is 10.1. The van der Waals surface area contributed by atoms with Gasteiger partial charge in [-0.1, -0.05) is 0 Å². The third-order valence-electron chi connectivity index (χ3n) is 3.84. The summed E-state index contributed by atoms with van der Waals surface area (Å²) in [6.45, 7) is 11.1. The highest BCUT2D eigenvalue weighted by molar-refractivity contribution is 5.68. The van der Waals surface area contributed by atoms with Crippen molar-refractivity contribution in [1.82, 2.24) is 15.5 Å². The normalized spacial score (nSPS) is 23.2. The second-order valence-electron chi connectivity index (χ2n) is 7.17. The van der Waals surface area contributed by atoms with E-state index in [1.54, 1.807) is 0 Å². The Labute approximate surface area is 134 Å². The molecule has 0 aromatic rings. The highest BCUT2D eigenvalue weighted by Crippen LogP contribution is 2.23. The van der Waals surface area contributed by atoms with Crippen LogP contribution in [0.5, 0.6) is 0 Å². The van der Waals surface area contributed by atoms with Crippen LogP contribution in [0.1, 0.15) is 53.9 Å². The molecule has 0 aromatic carbocycles. The summed E-state index contributed by atoms with van der Waals surface area (Å²) >= 11 is 0. The third-order valence-corrected chi connectivity index (χ3v) is 3.84. The van der Waals surface area contributed by atoms with Crippen LogP contribution in [0.25, 0.3) is 0 Å². The molecule has 2 N–H and O–H groups in total. The van der Waals surface area contributed by atoms with Crippen LogP contribution in [0, 0.1) is 0 Å². The van der Waals surface area contributed by atoms with Gasteiger partial charge in [-0.2, -0.15) is 0 Å². The van der Waals surface area contributed by atoms with Crippen LogP contribution in [-0.4, -0.2) is 54.2 Å². The molecule has 0 radical (unpaired) electrons. The molecule has 1 saturated heterocycles. The second kappa shape index (κ2) is 8.36. The first-order chi connectivity index (χ1) is 10.2. The minimum Gasteiger partial charge on any atom is -0.444 e. The molecule has 128 valence electrons. The number of hydrogen-bond acceptors (Lipinski definition) is 4. The molecule has 0 bridgehead atoms. The molecular formula is C16H31N3O3. The topological polar surface area (TPSA) is 70.7 Å². The number of amides is 2. The molecule has 1 fully saturated rings. The van der Waals surface area contributed by atoms with E-state index in [9.17, 15) is 9.59 Å². The lowest BCUT2D eigenvalue weighted by molar-refractivity contribution is -0.120. The van der Waals surface area contributed by atoms with Crippen LogP contribution in [0.3, 0.4) is 0 Å². The van der Waals surface area contributed by atoms with Crippen LogP contribution in [0.2, 0.25) is 0 Å². The van der Waals surface area contributed by atoms with E-state index in [2.05, 4.69) is 17.6 Å². The summed E-state index contributed by atoms with van der Waals surface area (Å²) in [5.41, 5.74) is -0.477. The van der Waals surface area contributed by atoms with Crippen molar-refractivity contribution in [3.8, 4) is 0 Å². The molecule has 0 spiro atoms. The number of rotatable bonds is 7. The summed E-state index contributed by atoms with van der Waals surface area (Å²) in [5, 5.41) is 6.13. The first-order valence-corrected chi connectivity index (χ1v) is 8.16. The fourth-order valence-electron chi connectivity index (χ4n) is 2.72. The molecule has 1 heterocycles. The zero-order valence-electron chi connectivity index (χ0n) is 14.5. The zero-order valence-corrected chi connectivity index (χ0v) is 14.5. The SMILES string of the molecule is CC(CNCC[C@H]1CCC(C)N1C=O)NC(=O)OC(C)(C)C. The first kappa shape index (κ1) is 18.7. The summed E-state index contributed by atoms with van der Waals surface area (Å²) in [6, 6.07) is 0.698. The van der Waals surface area contributed by atoms with E-state index in [0.717, 1.165) is 32.2 Å². The molecule has 2 unspecified atom stereocenters. The van der Waals surface area contributed by atoms with Gasteiger partial charge in [-0.15, -0.1) is 0 Å². The summed E-state index contributed by atoms with van der Waals surface area (Å²) in [5.74, 6) is 0. The summed E-state index contributed by atoms with van der Waals surface area (Å²) in [4.78, 5) is 24.6. The van der Waals surface area contributed by atoms with Crippen LogP contribution < -0.4 is 10.6 Å². The van der Waals surface area contributed by atoms with Gasteiger partial charge >= 0.3 is 6.09 Å². The summed E-state index contributed by atoms with van der Waals surface area (Å²) < 4.78 is 5.21. The number of alkyl carbamates (subject to hydrolysis) is 1. The van der Waals surface area contributed by atoms with Gasteiger partial charge in [0.15, 0.2) is 0 Å². The molecule has 0 aliphatic carbocycles. The standard InChI is InChI=1S/C16H31N3O3/c1-12(18-15(21)22-16(3,4)5)10-17-9-8-14-7-6-13(2)19(14)11-20/h11-14,17H,6-10H2,1-5H3,(H,18,21)/t12?,13?,14-/m1/s1. The van der Waals surface area contributed by atoms with Crippen molar-refractivity contribution in [3.63, 3.8) is 0 Å². The predicted molar refractivity (Wildman–Crippen MR) is 86.7 cm³/mol. The van der Waals surface area contributed by atoms with E-state index in [1.165, 1.54) is 0 Å². The van der Waals surface area contributed by atoms with E-state index < -0.39 is 11.7 Å². The number of nitrogens with zero attached hydrogens (tertiary/aromatic N) is 1. The van der Waals surface area contributed by atoms with Crippen molar-refractivity contribution >= 4 is 12.5 Å². The zero-order chi connectivity index (χ0) is 16.8. The molecule has 22 heavy (non-hydrogen) atoms. The third kappa shape index (κ3) is 6.64. The fraction of sp³-hybridized carbons (Fsp3) is 0.875. The van der Waals surface area contributed by atoms with Gasteiger partial charge in [0.25, 0.3) is 0 Å². The Kier molecular flexibility index (Phi) is 7.13. The maximum atomic E-state index is 11.6. The Morgan fingerprint density at radius 1 is 1.41 bits per heavy atom. The predicted octanol–water partition coefficient (Wildman–Crippen LogP) is 1.89. The molecule has 2 amide bonds. The maximum absolute atomic E-state index is 11.6. The molecule has 6 nitrogen and oxygen atoms in total. The van der Waals surface area contributed by atoms with Gasteiger partial charge in [0.2, 0.25) is 6.41 Å². The largest absolute Gasteiger partial charge is 0.444 e. The molecule has 0 saturated carbocycles.